The molecule has 0 atom stereocenters. The lowest BCUT2D eigenvalue weighted by molar-refractivity contribution is 0.251. The number of urea groups is 1. The van der Waals surface area contributed by atoms with Crippen LogP contribution in [0.15, 0.2) is 18.2 Å². The van der Waals surface area contributed by atoms with E-state index >= 15 is 0 Å². The molecule has 1 aliphatic rings. The summed E-state index contributed by atoms with van der Waals surface area (Å²) in [6.07, 6.45) is 2.02. The monoisotopic (exact) mass is 253 g/mol. The number of hydrogen-bond acceptors (Lipinski definition) is 2. The third-order valence-corrected chi connectivity index (χ3v) is 2.62. The number of halogens is 1. The highest BCUT2D eigenvalue weighted by Gasteiger charge is 2.23. The average molecular weight is 253 g/mol. The van der Waals surface area contributed by atoms with Gasteiger partial charge in [-0.3, -0.25) is 0 Å². The Bertz CT molecular complexity index is 474. The summed E-state index contributed by atoms with van der Waals surface area (Å²) in [7, 11) is 0. The lowest BCUT2D eigenvalue weighted by atomic mass is 10.2. The predicted molar refractivity (Wildman–Crippen MR) is 67.5 cm³/mol. The maximum atomic E-state index is 13.3. The molecule has 0 heterocycles. The number of nitrogens with one attached hydrogen (secondary N) is 2. The van der Waals surface area contributed by atoms with Gasteiger partial charge in [-0.1, -0.05) is 12.2 Å². The fourth-order valence-electron chi connectivity index (χ4n) is 1.37. The molecular formula is C11H12FN3OS. The number of rotatable bonds is 3. The number of nitrogens with two attached hydrogens (primary N) is 1. The molecule has 4 nitrogen and oxygen atoms in total. The number of anilines is 1. The Labute approximate surface area is 103 Å². The van der Waals surface area contributed by atoms with Gasteiger partial charge in [-0.2, -0.15) is 0 Å². The molecule has 0 saturated heterocycles. The summed E-state index contributed by atoms with van der Waals surface area (Å²) in [5.74, 6) is -0.495. The average Bonchev–Trinajstić information content (AvgIpc) is 3.04. The molecule has 1 aromatic carbocycles. The van der Waals surface area contributed by atoms with E-state index in [1.165, 1.54) is 18.2 Å². The summed E-state index contributed by atoms with van der Waals surface area (Å²) in [5, 5.41) is 5.36. The first-order valence-corrected chi connectivity index (χ1v) is 5.64. The van der Waals surface area contributed by atoms with E-state index in [1.807, 2.05) is 0 Å². The zero-order valence-corrected chi connectivity index (χ0v) is 9.81. The zero-order chi connectivity index (χ0) is 12.4. The Morgan fingerprint density at radius 2 is 2.18 bits per heavy atom. The number of carbonyl (C=O) groups is 1. The highest BCUT2D eigenvalue weighted by atomic mass is 32.1. The fourth-order valence-corrected chi connectivity index (χ4v) is 1.53. The van der Waals surface area contributed by atoms with Crippen LogP contribution in [0.4, 0.5) is 14.9 Å². The highest BCUT2D eigenvalue weighted by molar-refractivity contribution is 7.80. The lowest BCUT2D eigenvalue weighted by Crippen LogP contribution is -2.30. The summed E-state index contributed by atoms with van der Waals surface area (Å²) >= 11 is 4.71. The van der Waals surface area contributed by atoms with Crippen molar-refractivity contribution in [2.45, 2.75) is 18.9 Å². The molecule has 0 aromatic heterocycles. The van der Waals surface area contributed by atoms with Crippen molar-refractivity contribution in [3.63, 3.8) is 0 Å². The van der Waals surface area contributed by atoms with E-state index in [2.05, 4.69) is 10.6 Å². The molecule has 0 unspecified atom stereocenters. The summed E-state index contributed by atoms with van der Waals surface area (Å²) < 4.78 is 13.3. The first kappa shape index (κ1) is 11.8. The quantitative estimate of drug-likeness (QED) is 0.719. The van der Waals surface area contributed by atoms with Crippen LogP contribution in [0.2, 0.25) is 0 Å². The molecule has 90 valence electrons. The molecule has 1 saturated carbocycles. The van der Waals surface area contributed by atoms with E-state index in [1.54, 1.807) is 0 Å². The molecule has 4 N–H and O–H groups in total. The second-order valence-electron chi connectivity index (χ2n) is 3.93. The molecule has 0 aliphatic heterocycles. The van der Waals surface area contributed by atoms with Crippen molar-refractivity contribution in [3.8, 4) is 0 Å². The molecule has 6 heteroatoms. The molecule has 2 rings (SSSR count). The van der Waals surface area contributed by atoms with Crippen LogP contribution in [0.3, 0.4) is 0 Å². The van der Waals surface area contributed by atoms with Crippen LogP contribution in [0.25, 0.3) is 0 Å². The van der Waals surface area contributed by atoms with Crippen LogP contribution in [-0.4, -0.2) is 17.1 Å². The van der Waals surface area contributed by atoms with E-state index in [0.717, 1.165) is 12.8 Å². The van der Waals surface area contributed by atoms with E-state index in [0.29, 0.717) is 5.69 Å². The van der Waals surface area contributed by atoms with Crippen LogP contribution in [0.1, 0.15) is 18.4 Å². The van der Waals surface area contributed by atoms with Crippen molar-refractivity contribution < 1.29 is 9.18 Å². The third kappa shape index (κ3) is 3.13. The molecule has 1 aromatic rings. The minimum atomic E-state index is -0.495. The topological polar surface area (TPSA) is 67.1 Å². The van der Waals surface area contributed by atoms with Crippen molar-refractivity contribution in [1.29, 1.82) is 0 Å². The van der Waals surface area contributed by atoms with Gasteiger partial charge in [0.05, 0.1) is 0 Å². The maximum Gasteiger partial charge on any atom is 0.319 e. The normalized spacial score (nSPS) is 14.2. The molecule has 0 radical (unpaired) electrons. The molecule has 1 fully saturated rings. The van der Waals surface area contributed by atoms with Crippen LogP contribution in [0, 0.1) is 5.82 Å². The van der Waals surface area contributed by atoms with Gasteiger partial charge in [-0.15, -0.1) is 0 Å². The maximum absolute atomic E-state index is 13.3. The van der Waals surface area contributed by atoms with Crippen molar-refractivity contribution in [1.82, 2.24) is 5.32 Å². The lowest BCUT2D eigenvalue weighted by Gasteiger charge is -2.08. The molecule has 1 aliphatic carbocycles. The van der Waals surface area contributed by atoms with Crippen LogP contribution >= 0.6 is 12.2 Å². The van der Waals surface area contributed by atoms with Crippen molar-refractivity contribution in [2.75, 3.05) is 5.32 Å². The number of benzene rings is 1. The Hall–Kier alpha value is -1.69. The van der Waals surface area contributed by atoms with Crippen molar-refractivity contribution in [3.05, 3.63) is 29.6 Å². The van der Waals surface area contributed by atoms with Crippen LogP contribution in [0.5, 0.6) is 0 Å². The molecular weight excluding hydrogens is 241 g/mol. The second-order valence-corrected chi connectivity index (χ2v) is 4.37. The van der Waals surface area contributed by atoms with Gasteiger partial charge in [-0.25, -0.2) is 9.18 Å². The summed E-state index contributed by atoms with van der Waals surface area (Å²) in [6, 6.07) is 4.08. The Balaban J connectivity index is 2.07. The van der Waals surface area contributed by atoms with Crippen molar-refractivity contribution >= 4 is 28.9 Å². The molecule has 0 spiro atoms. The second kappa shape index (κ2) is 4.67. The standard InChI is InChI=1S/C11H12FN3OS/c12-9-4-3-7(5-8(9)10(13)17)15-11(16)14-6-1-2-6/h3-6H,1-2H2,(H2,13,17)(H2,14,15,16). The third-order valence-electron chi connectivity index (χ3n) is 2.40. The SMILES string of the molecule is NC(=S)c1cc(NC(=O)NC2CC2)ccc1F. The Morgan fingerprint density at radius 3 is 2.76 bits per heavy atom. The van der Waals surface area contributed by atoms with E-state index in [4.69, 9.17) is 18.0 Å². The smallest absolute Gasteiger partial charge is 0.319 e. The first-order chi connectivity index (χ1) is 8.06. The minimum Gasteiger partial charge on any atom is -0.389 e. The molecule has 0 bridgehead atoms. The zero-order valence-electron chi connectivity index (χ0n) is 9.00. The Morgan fingerprint density at radius 1 is 1.47 bits per heavy atom. The van der Waals surface area contributed by atoms with Gasteiger partial charge in [0.2, 0.25) is 0 Å². The van der Waals surface area contributed by atoms with Gasteiger partial charge in [0.25, 0.3) is 0 Å². The summed E-state index contributed by atoms with van der Waals surface area (Å²) in [6.45, 7) is 0. The number of carbonyl (C=O) groups excluding carboxylic acids is 1. The predicted octanol–water partition coefficient (Wildman–Crippen LogP) is 1.74. The van der Waals surface area contributed by atoms with Gasteiger partial charge < -0.3 is 16.4 Å². The largest absolute Gasteiger partial charge is 0.389 e. The minimum absolute atomic E-state index is 0.0336. The summed E-state index contributed by atoms with van der Waals surface area (Å²) in [4.78, 5) is 11.4. The fraction of sp³-hybridized carbons (Fsp3) is 0.273. The van der Waals surface area contributed by atoms with Crippen LogP contribution < -0.4 is 16.4 Å². The van der Waals surface area contributed by atoms with E-state index in [-0.39, 0.29) is 22.6 Å². The van der Waals surface area contributed by atoms with Gasteiger partial charge in [0, 0.05) is 17.3 Å². The number of hydrogen-bond donors (Lipinski definition) is 3. The summed E-state index contributed by atoms with van der Waals surface area (Å²) in [5.41, 5.74) is 5.96. The van der Waals surface area contributed by atoms with Gasteiger partial charge in [0.15, 0.2) is 0 Å². The van der Waals surface area contributed by atoms with Gasteiger partial charge in [-0.05, 0) is 31.0 Å². The number of thiocarbonyl (C=S) groups is 1. The Kier molecular flexibility index (Phi) is 3.23. The van der Waals surface area contributed by atoms with Crippen molar-refractivity contribution in [2.24, 2.45) is 5.73 Å². The number of amides is 2. The molecule has 2 amide bonds. The highest BCUT2D eigenvalue weighted by Crippen LogP contribution is 2.19. The van der Waals surface area contributed by atoms with E-state index < -0.39 is 5.82 Å². The van der Waals surface area contributed by atoms with Crippen LogP contribution in [-0.2, 0) is 0 Å². The van der Waals surface area contributed by atoms with Gasteiger partial charge >= 0.3 is 6.03 Å². The molecule has 17 heavy (non-hydrogen) atoms. The van der Waals surface area contributed by atoms with Gasteiger partial charge in [0.1, 0.15) is 10.8 Å². The first-order valence-electron chi connectivity index (χ1n) is 5.23. The van der Waals surface area contributed by atoms with E-state index in [9.17, 15) is 9.18 Å².